The Kier molecular flexibility index (Phi) is 6.68. The highest BCUT2D eigenvalue weighted by atomic mass is 16.5. The van der Waals surface area contributed by atoms with Crippen molar-refractivity contribution in [2.24, 2.45) is 11.3 Å². The van der Waals surface area contributed by atoms with Crippen molar-refractivity contribution < 1.29 is 14.1 Å². The fraction of sp³-hybridized carbons (Fsp3) is 0.452. The number of carbonyl (C=O) groups excluding carboxylic acids is 2. The van der Waals surface area contributed by atoms with Gasteiger partial charge in [0.2, 0.25) is 17.7 Å². The molecule has 3 fully saturated rings. The maximum atomic E-state index is 13.7. The SMILES string of the molecule is O=C(/C=C/CC1CCC2(CCC2)CC1)Nc1cccc(N2C(=O)N(C3CC3)Cc3cnc(Nc4ccno4)nc32)c1. The van der Waals surface area contributed by atoms with Gasteiger partial charge in [0.05, 0.1) is 18.4 Å². The highest BCUT2D eigenvalue weighted by molar-refractivity contribution is 6.03. The third kappa shape index (κ3) is 5.42. The second-order valence-electron chi connectivity index (χ2n) is 12.0. The predicted molar refractivity (Wildman–Crippen MR) is 155 cm³/mol. The van der Waals surface area contributed by atoms with Crippen LogP contribution in [0.1, 0.15) is 69.8 Å². The van der Waals surface area contributed by atoms with E-state index in [-0.39, 0.29) is 18.0 Å². The van der Waals surface area contributed by atoms with E-state index in [0.29, 0.717) is 46.9 Å². The van der Waals surface area contributed by atoms with Gasteiger partial charge in [-0.3, -0.25) is 10.1 Å². The van der Waals surface area contributed by atoms with Crippen LogP contribution >= 0.6 is 0 Å². The number of aromatic nitrogens is 3. The van der Waals surface area contributed by atoms with E-state index in [1.165, 1.54) is 51.1 Å². The fourth-order valence-corrected chi connectivity index (χ4v) is 6.50. The third-order valence-electron chi connectivity index (χ3n) is 9.18. The number of hydrogen-bond donors (Lipinski definition) is 2. The molecule has 2 N–H and O–H groups in total. The van der Waals surface area contributed by atoms with Crippen LogP contribution in [0.2, 0.25) is 0 Å². The van der Waals surface area contributed by atoms with Gasteiger partial charge in [0.1, 0.15) is 0 Å². The highest BCUT2D eigenvalue weighted by Gasteiger charge is 2.41. The van der Waals surface area contributed by atoms with Gasteiger partial charge in [-0.15, -0.1) is 0 Å². The molecule has 0 atom stereocenters. The molecular formula is C31H35N7O3. The fourth-order valence-electron chi connectivity index (χ4n) is 6.50. The summed E-state index contributed by atoms with van der Waals surface area (Å²) in [5.74, 6) is 1.72. The summed E-state index contributed by atoms with van der Waals surface area (Å²) in [4.78, 5) is 39.1. The minimum Gasteiger partial charge on any atom is -0.338 e. The van der Waals surface area contributed by atoms with Crippen LogP contribution in [0.3, 0.4) is 0 Å². The zero-order valence-corrected chi connectivity index (χ0v) is 23.1. The zero-order chi connectivity index (χ0) is 27.8. The van der Waals surface area contributed by atoms with Gasteiger partial charge in [-0.2, -0.15) is 4.98 Å². The van der Waals surface area contributed by atoms with Crippen molar-refractivity contribution in [1.82, 2.24) is 20.0 Å². The normalized spacial score (nSPS) is 20.2. The smallest absolute Gasteiger partial charge is 0.330 e. The number of carbonyl (C=O) groups is 2. The first kappa shape index (κ1) is 25.7. The van der Waals surface area contributed by atoms with Gasteiger partial charge in [-0.05, 0) is 93.4 Å². The van der Waals surface area contributed by atoms with Crippen molar-refractivity contribution in [3.63, 3.8) is 0 Å². The number of hydrogen-bond acceptors (Lipinski definition) is 7. The number of rotatable bonds is 8. The first-order chi connectivity index (χ1) is 20.1. The molecule has 41 heavy (non-hydrogen) atoms. The number of nitrogens with one attached hydrogen (secondary N) is 2. The quantitative estimate of drug-likeness (QED) is 0.299. The summed E-state index contributed by atoms with van der Waals surface area (Å²) < 4.78 is 5.13. The molecule has 1 aliphatic heterocycles. The summed E-state index contributed by atoms with van der Waals surface area (Å²) in [6.45, 7) is 0.459. The lowest BCUT2D eigenvalue weighted by Gasteiger charge is -2.47. The van der Waals surface area contributed by atoms with E-state index in [4.69, 9.17) is 4.52 Å². The van der Waals surface area contributed by atoms with Gasteiger partial charge >= 0.3 is 6.03 Å². The van der Waals surface area contributed by atoms with Crippen molar-refractivity contribution >= 4 is 41.0 Å². The van der Waals surface area contributed by atoms with Crippen LogP contribution in [0, 0.1) is 11.3 Å². The molecule has 3 aromatic rings. The van der Waals surface area contributed by atoms with Crippen molar-refractivity contribution in [2.45, 2.75) is 76.8 Å². The summed E-state index contributed by atoms with van der Waals surface area (Å²) in [5.41, 5.74) is 2.76. The molecule has 3 amide bonds. The molecule has 3 saturated carbocycles. The molecule has 10 heteroatoms. The van der Waals surface area contributed by atoms with Gasteiger partial charge in [-0.1, -0.05) is 23.7 Å². The van der Waals surface area contributed by atoms with E-state index in [1.807, 2.05) is 35.2 Å². The van der Waals surface area contributed by atoms with Crippen molar-refractivity contribution in [3.05, 3.63) is 60.4 Å². The van der Waals surface area contributed by atoms with E-state index >= 15 is 0 Å². The van der Waals surface area contributed by atoms with Gasteiger partial charge in [0.25, 0.3) is 0 Å². The molecule has 10 nitrogen and oxygen atoms in total. The molecule has 1 aromatic carbocycles. The Balaban J connectivity index is 1.06. The second-order valence-corrected chi connectivity index (χ2v) is 12.0. The summed E-state index contributed by atoms with van der Waals surface area (Å²) in [6, 6.07) is 9.10. The molecule has 0 unspecified atom stereocenters. The standard InChI is InChI=1S/C31H35N7O3/c39-26(7-1-4-21-10-15-31(16-11-21)13-3-14-31)34-23-5-2-6-25(18-23)38-28-22(20-37(30(38)40)24-8-9-24)19-32-29(36-28)35-27-12-17-33-41-27/h1-2,5-7,12,17-19,21,24H,3-4,8-11,13-16,20H2,(H,34,39)(H,32,35,36)/b7-1+. The molecule has 212 valence electrons. The van der Waals surface area contributed by atoms with Crippen LogP contribution in [-0.2, 0) is 11.3 Å². The number of allylic oxidation sites excluding steroid dienone is 1. The Morgan fingerprint density at radius 2 is 1.98 bits per heavy atom. The average Bonchev–Trinajstić information content (AvgIpc) is 3.68. The summed E-state index contributed by atoms with van der Waals surface area (Å²) in [5, 5.41) is 9.66. The Hall–Kier alpha value is -4.21. The first-order valence-corrected chi connectivity index (χ1v) is 14.8. The largest absolute Gasteiger partial charge is 0.338 e. The number of anilines is 5. The van der Waals surface area contributed by atoms with Gasteiger partial charge < -0.3 is 14.7 Å². The average molecular weight is 554 g/mol. The van der Waals surface area contributed by atoms with Crippen molar-refractivity contribution in [1.29, 1.82) is 0 Å². The predicted octanol–water partition coefficient (Wildman–Crippen LogP) is 6.69. The van der Waals surface area contributed by atoms with Crippen LogP contribution in [0.25, 0.3) is 0 Å². The van der Waals surface area contributed by atoms with Crippen LogP contribution in [0.15, 0.2) is 59.4 Å². The van der Waals surface area contributed by atoms with Gasteiger partial charge in [-0.25, -0.2) is 14.7 Å². The summed E-state index contributed by atoms with van der Waals surface area (Å²) >= 11 is 0. The minimum atomic E-state index is -0.167. The Bertz CT molecular complexity index is 1450. The molecule has 0 radical (unpaired) electrons. The van der Waals surface area contributed by atoms with E-state index in [2.05, 4.69) is 25.8 Å². The Labute approximate surface area is 239 Å². The molecule has 0 saturated heterocycles. The van der Waals surface area contributed by atoms with Crippen LogP contribution in [0.4, 0.5) is 33.8 Å². The van der Waals surface area contributed by atoms with E-state index in [9.17, 15) is 9.59 Å². The van der Waals surface area contributed by atoms with Crippen molar-refractivity contribution in [2.75, 3.05) is 15.5 Å². The lowest BCUT2D eigenvalue weighted by Crippen LogP contribution is -2.46. The first-order valence-electron chi connectivity index (χ1n) is 14.8. The molecule has 4 aliphatic rings. The molecular weight excluding hydrogens is 518 g/mol. The number of urea groups is 1. The number of nitrogens with zero attached hydrogens (tertiary/aromatic N) is 5. The van der Waals surface area contributed by atoms with E-state index < -0.39 is 0 Å². The van der Waals surface area contributed by atoms with Gasteiger partial charge in [0, 0.05) is 29.6 Å². The van der Waals surface area contributed by atoms with Crippen LogP contribution in [-0.4, -0.2) is 38.0 Å². The third-order valence-corrected chi connectivity index (χ3v) is 9.18. The molecule has 1 spiro atoms. The topological polar surface area (TPSA) is 116 Å². The van der Waals surface area contributed by atoms with Crippen molar-refractivity contribution in [3.8, 4) is 0 Å². The van der Waals surface area contributed by atoms with E-state index in [0.717, 1.165) is 24.8 Å². The lowest BCUT2D eigenvalue weighted by atomic mass is 9.59. The monoisotopic (exact) mass is 553 g/mol. The molecule has 2 aromatic heterocycles. The summed E-state index contributed by atoms with van der Waals surface area (Å²) in [7, 11) is 0. The molecule has 3 heterocycles. The van der Waals surface area contributed by atoms with Crippen LogP contribution < -0.4 is 15.5 Å². The number of amides is 3. The molecule has 3 aliphatic carbocycles. The second kappa shape index (κ2) is 10.6. The Morgan fingerprint density at radius 1 is 1.12 bits per heavy atom. The number of benzene rings is 1. The highest BCUT2D eigenvalue weighted by Crippen LogP contribution is 2.53. The lowest BCUT2D eigenvalue weighted by molar-refractivity contribution is -0.111. The zero-order valence-electron chi connectivity index (χ0n) is 23.1. The van der Waals surface area contributed by atoms with E-state index in [1.54, 1.807) is 23.2 Å². The Morgan fingerprint density at radius 3 is 2.71 bits per heavy atom. The van der Waals surface area contributed by atoms with Crippen LogP contribution in [0.5, 0.6) is 0 Å². The molecule has 0 bridgehead atoms. The molecule has 7 rings (SSSR count). The minimum absolute atomic E-state index is 0.135. The number of fused-ring (bicyclic) bond motifs is 1. The summed E-state index contributed by atoms with van der Waals surface area (Å²) in [6.07, 6.45) is 19.3. The maximum Gasteiger partial charge on any atom is 0.330 e. The van der Waals surface area contributed by atoms with Gasteiger partial charge in [0.15, 0.2) is 5.82 Å². The maximum absolute atomic E-state index is 13.7.